The molecule has 0 radical (unpaired) electrons. The predicted octanol–water partition coefficient (Wildman–Crippen LogP) is 3.74. The number of nitrogens with one attached hydrogen (secondary N) is 1. The average molecular weight is 452 g/mol. The third kappa shape index (κ3) is 5.90. The molecule has 0 unspecified atom stereocenters. The SMILES string of the molecule is COc1ccc(Cl)cc1N(CC(=O)NCc1ccc(Cl)cc1Cl)S(C)(=O)=O. The molecular weight excluding hydrogens is 435 g/mol. The molecule has 6 nitrogen and oxygen atoms in total. The summed E-state index contributed by atoms with van der Waals surface area (Å²) in [5.74, 6) is -0.244. The summed E-state index contributed by atoms with van der Waals surface area (Å²) < 4.78 is 30.6. The quantitative estimate of drug-likeness (QED) is 0.696. The number of carbonyl (C=O) groups excluding carboxylic acids is 1. The molecule has 0 fully saturated rings. The Bertz CT molecular complexity index is 951. The molecule has 0 aliphatic carbocycles. The molecule has 0 aliphatic rings. The molecule has 27 heavy (non-hydrogen) atoms. The highest BCUT2D eigenvalue weighted by Crippen LogP contribution is 2.32. The third-order valence-electron chi connectivity index (χ3n) is 3.59. The van der Waals surface area contributed by atoms with Gasteiger partial charge in [0.05, 0.1) is 19.1 Å². The van der Waals surface area contributed by atoms with Crippen LogP contribution in [0.15, 0.2) is 36.4 Å². The van der Waals surface area contributed by atoms with Gasteiger partial charge in [0, 0.05) is 21.6 Å². The number of carbonyl (C=O) groups is 1. The standard InChI is InChI=1S/C17H17Cl3N2O4S/c1-26-16-6-5-13(19)8-15(16)22(27(2,24)25)10-17(23)21-9-11-3-4-12(18)7-14(11)20/h3-8H,9-10H2,1-2H3,(H,21,23). The van der Waals surface area contributed by atoms with Crippen molar-refractivity contribution in [2.45, 2.75) is 6.54 Å². The van der Waals surface area contributed by atoms with Crippen molar-refractivity contribution in [2.75, 3.05) is 24.2 Å². The maximum atomic E-state index is 12.3. The fourth-order valence-corrected chi connectivity index (χ4v) is 3.78. The van der Waals surface area contributed by atoms with Crippen LogP contribution in [0.5, 0.6) is 5.75 Å². The number of hydrogen-bond donors (Lipinski definition) is 1. The van der Waals surface area contributed by atoms with Gasteiger partial charge in [-0.15, -0.1) is 0 Å². The Kier molecular flexibility index (Phi) is 7.22. The number of sulfonamides is 1. The third-order valence-corrected chi connectivity index (χ3v) is 5.54. The van der Waals surface area contributed by atoms with E-state index in [4.69, 9.17) is 39.5 Å². The zero-order chi connectivity index (χ0) is 20.2. The Balaban J connectivity index is 2.19. The van der Waals surface area contributed by atoms with Crippen molar-refractivity contribution in [1.29, 1.82) is 0 Å². The molecule has 1 N–H and O–H groups in total. The second-order valence-electron chi connectivity index (χ2n) is 5.60. The number of methoxy groups -OCH3 is 1. The lowest BCUT2D eigenvalue weighted by atomic mass is 10.2. The lowest BCUT2D eigenvalue weighted by Crippen LogP contribution is -2.40. The van der Waals surface area contributed by atoms with Crippen molar-refractivity contribution in [3.63, 3.8) is 0 Å². The van der Waals surface area contributed by atoms with Crippen LogP contribution >= 0.6 is 34.8 Å². The highest BCUT2D eigenvalue weighted by Gasteiger charge is 2.24. The van der Waals surface area contributed by atoms with Gasteiger partial charge >= 0.3 is 0 Å². The molecule has 0 spiro atoms. The van der Waals surface area contributed by atoms with Crippen molar-refractivity contribution >= 4 is 56.4 Å². The van der Waals surface area contributed by atoms with Gasteiger partial charge in [-0.05, 0) is 35.9 Å². The van der Waals surface area contributed by atoms with E-state index in [1.807, 2.05) is 0 Å². The van der Waals surface area contributed by atoms with Gasteiger partial charge in [0.15, 0.2) is 0 Å². The Hall–Kier alpha value is -1.67. The number of hydrogen-bond acceptors (Lipinski definition) is 4. The fraction of sp³-hybridized carbons (Fsp3) is 0.235. The molecule has 2 aromatic carbocycles. The number of nitrogens with zero attached hydrogens (tertiary/aromatic N) is 1. The van der Waals surface area contributed by atoms with E-state index in [0.29, 0.717) is 20.6 Å². The van der Waals surface area contributed by atoms with Crippen LogP contribution in [0, 0.1) is 0 Å². The summed E-state index contributed by atoms with van der Waals surface area (Å²) in [6.07, 6.45) is 0.997. The van der Waals surface area contributed by atoms with E-state index in [9.17, 15) is 13.2 Å². The molecule has 0 heterocycles. The monoisotopic (exact) mass is 450 g/mol. The van der Waals surface area contributed by atoms with E-state index in [0.717, 1.165) is 10.6 Å². The lowest BCUT2D eigenvalue weighted by molar-refractivity contribution is -0.119. The van der Waals surface area contributed by atoms with E-state index < -0.39 is 22.5 Å². The largest absolute Gasteiger partial charge is 0.495 e. The van der Waals surface area contributed by atoms with Gasteiger partial charge in [-0.2, -0.15) is 0 Å². The van der Waals surface area contributed by atoms with Crippen molar-refractivity contribution in [1.82, 2.24) is 5.32 Å². The Morgan fingerprint density at radius 3 is 2.33 bits per heavy atom. The first-order valence-corrected chi connectivity index (χ1v) is 10.6. The normalized spacial score (nSPS) is 11.1. The van der Waals surface area contributed by atoms with Crippen LogP contribution < -0.4 is 14.4 Å². The number of anilines is 1. The predicted molar refractivity (Wildman–Crippen MR) is 109 cm³/mol. The molecule has 0 aliphatic heterocycles. The van der Waals surface area contributed by atoms with E-state index in [1.54, 1.807) is 24.3 Å². The Morgan fingerprint density at radius 2 is 1.74 bits per heavy atom. The van der Waals surface area contributed by atoms with Crippen LogP contribution in [-0.2, 0) is 21.4 Å². The minimum atomic E-state index is -3.77. The van der Waals surface area contributed by atoms with Crippen LogP contribution in [0.2, 0.25) is 15.1 Å². The minimum Gasteiger partial charge on any atom is -0.495 e. The van der Waals surface area contributed by atoms with Crippen molar-refractivity contribution in [3.8, 4) is 5.75 Å². The maximum absolute atomic E-state index is 12.3. The van der Waals surface area contributed by atoms with E-state index in [-0.39, 0.29) is 18.0 Å². The lowest BCUT2D eigenvalue weighted by Gasteiger charge is -2.24. The number of ether oxygens (including phenoxy) is 1. The number of amides is 1. The summed E-state index contributed by atoms with van der Waals surface area (Å²) in [6, 6.07) is 9.40. The van der Waals surface area contributed by atoms with Crippen LogP contribution in [0.3, 0.4) is 0 Å². The molecule has 0 bridgehead atoms. The van der Waals surface area contributed by atoms with Crippen molar-refractivity contribution in [3.05, 3.63) is 57.0 Å². The van der Waals surface area contributed by atoms with Crippen LogP contribution in [-0.4, -0.2) is 34.2 Å². The summed E-state index contributed by atoms with van der Waals surface area (Å²) in [7, 11) is -2.37. The van der Waals surface area contributed by atoms with Crippen LogP contribution in [0.4, 0.5) is 5.69 Å². The highest BCUT2D eigenvalue weighted by molar-refractivity contribution is 7.92. The maximum Gasteiger partial charge on any atom is 0.241 e. The van der Waals surface area contributed by atoms with Gasteiger partial charge in [0.25, 0.3) is 0 Å². The Morgan fingerprint density at radius 1 is 1.11 bits per heavy atom. The fourth-order valence-electron chi connectivity index (χ4n) is 2.28. The molecule has 0 atom stereocenters. The molecule has 146 valence electrons. The summed E-state index contributed by atoms with van der Waals surface area (Å²) >= 11 is 17.9. The van der Waals surface area contributed by atoms with Crippen molar-refractivity contribution < 1.29 is 17.9 Å². The second kappa shape index (κ2) is 9.01. The molecule has 0 saturated heterocycles. The minimum absolute atomic E-state index is 0.124. The van der Waals surface area contributed by atoms with Gasteiger partial charge in [-0.3, -0.25) is 9.10 Å². The molecule has 1 amide bonds. The molecule has 2 rings (SSSR count). The zero-order valence-electron chi connectivity index (χ0n) is 14.5. The number of benzene rings is 2. The zero-order valence-corrected chi connectivity index (χ0v) is 17.6. The number of rotatable bonds is 7. The molecule has 0 saturated carbocycles. The molecule has 0 aromatic heterocycles. The van der Waals surface area contributed by atoms with Gasteiger partial charge in [-0.25, -0.2) is 8.42 Å². The molecule has 10 heteroatoms. The first-order chi connectivity index (χ1) is 12.6. The summed E-state index contributed by atoms with van der Waals surface area (Å²) in [5, 5.41) is 3.83. The second-order valence-corrected chi connectivity index (χ2v) is 8.79. The van der Waals surface area contributed by atoms with Gasteiger partial charge < -0.3 is 10.1 Å². The van der Waals surface area contributed by atoms with Crippen LogP contribution in [0.25, 0.3) is 0 Å². The summed E-state index contributed by atoms with van der Waals surface area (Å²) in [4.78, 5) is 12.3. The topological polar surface area (TPSA) is 75.7 Å². The van der Waals surface area contributed by atoms with Gasteiger partial charge in [0.1, 0.15) is 12.3 Å². The van der Waals surface area contributed by atoms with E-state index >= 15 is 0 Å². The van der Waals surface area contributed by atoms with Gasteiger partial charge in [-0.1, -0.05) is 40.9 Å². The summed E-state index contributed by atoms with van der Waals surface area (Å²) in [5.41, 5.74) is 0.827. The molecular formula is C17H17Cl3N2O4S. The molecule has 2 aromatic rings. The van der Waals surface area contributed by atoms with Crippen molar-refractivity contribution in [2.24, 2.45) is 0 Å². The number of halogens is 3. The van der Waals surface area contributed by atoms with E-state index in [2.05, 4.69) is 5.32 Å². The average Bonchev–Trinajstić information content (AvgIpc) is 2.58. The van der Waals surface area contributed by atoms with Crippen LogP contribution in [0.1, 0.15) is 5.56 Å². The van der Waals surface area contributed by atoms with Gasteiger partial charge in [0.2, 0.25) is 15.9 Å². The highest BCUT2D eigenvalue weighted by atomic mass is 35.5. The first-order valence-electron chi connectivity index (χ1n) is 7.63. The Labute approximate surface area is 173 Å². The smallest absolute Gasteiger partial charge is 0.241 e. The first kappa shape index (κ1) is 21.6. The van der Waals surface area contributed by atoms with E-state index in [1.165, 1.54) is 19.2 Å². The summed E-state index contributed by atoms with van der Waals surface area (Å²) in [6.45, 7) is -0.320.